The molecule has 2 unspecified atom stereocenters. The number of hydrogen-bond donors (Lipinski definition) is 1. The monoisotopic (exact) mass is 272 g/mol. The molecule has 0 radical (unpaired) electrons. The van der Waals surface area contributed by atoms with E-state index in [1.165, 1.54) is 12.1 Å². The molecule has 5 heteroatoms. The zero-order valence-corrected chi connectivity index (χ0v) is 10.3. The average Bonchev–Trinajstić information content (AvgIpc) is 2.38. The maximum Gasteiger partial charge on any atom is 0.416 e. The zero-order chi connectivity index (χ0) is 14.0. The van der Waals surface area contributed by atoms with Gasteiger partial charge in [0, 0.05) is 0 Å². The standard InChI is InChI=1S/C14H15F3O2/c15-14(16,17)12-7-2-1-6-11(12)9-4-3-5-10(8-9)13(18)19/h1-2,6-7,9-10H,3-5,8H2,(H,18,19). The number of hydrogen-bond acceptors (Lipinski definition) is 1. The van der Waals surface area contributed by atoms with Gasteiger partial charge in [-0.05, 0) is 36.8 Å². The van der Waals surface area contributed by atoms with Crippen molar-refractivity contribution in [2.45, 2.75) is 37.8 Å². The summed E-state index contributed by atoms with van der Waals surface area (Å²) in [6.07, 6.45) is -2.25. The van der Waals surface area contributed by atoms with Crippen LogP contribution in [-0.2, 0) is 11.0 Å². The van der Waals surface area contributed by atoms with Crippen molar-refractivity contribution in [1.82, 2.24) is 0 Å². The van der Waals surface area contributed by atoms with E-state index >= 15 is 0 Å². The molecule has 0 bridgehead atoms. The second-order valence-corrected chi connectivity index (χ2v) is 4.98. The molecule has 0 amide bonds. The Morgan fingerprint density at radius 3 is 2.53 bits per heavy atom. The van der Waals surface area contributed by atoms with E-state index in [1.807, 2.05) is 0 Å². The van der Waals surface area contributed by atoms with Gasteiger partial charge >= 0.3 is 12.1 Å². The molecule has 2 atom stereocenters. The molecule has 0 saturated heterocycles. The molecule has 2 nitrogen and oxygen atoms in total. The molecule has 0 spiro atoms. The fourth-order valence-electron chi connectivity index (χ4n) is 2.81. The van der Waals surface area contributed by atoms with Crippen molar-refractivity contribution in [1.29, 1.82) is 0 Å². The lowest BCUT2D eigenvalue weighted by atomic mass is 9.76. The summed E-state index contributed by atoms with van der Waals surface area (Å²) in [5.74, 6) is -1.75. The zero-order valence-electron chi connectivity index (χ0n) is 10.3. The Balaban J connectivity index is 2.29. The van der Waals surface area contributed by atoms with Crippen LogP contribution in [0.25, 0.3) is 0 Å². The average molecular weight is 272 g/mol. The Bertz CT molecular complexity index is 468. The summed E-state index contributed by atoms with van der Waals surface area (Å²) in [6.45, 7) is 0. The Hall–Kier alpha value is -1.52. The molecule has 1 saturated carbocycles. The molecule has 1 N–H and O–H groups in total. The van der Waals surface area contributed by atoms with Crippen LogP contribution in [0.2, 0.25) is 0 Å². The van der Waals surface area contributed by atoms with Crippen LogP contribution in [0, 0.1) is 5.92 Å². The van der Waals surface area contributed by atoms with Gasteiger partial charge in [-0.2, -0.15) is 13.2 Å². The Morgan fingerprint density at radius 1 is 1.21 bits per heavy atom. The summed E-state index contributed by atoms with van der Waals surface area (Å²) in [6, 6.07) is 5.48. The van der Waals surface area contributed by atoms with Crippen molar-refractivity contribution in [3.63, 3.8) is 0 Å². The third kappa shape index (κ3) is 3.08. The highest BCUT2D eigenvalue weighted by Crippen LogP contribution is 2.42. The first-order chi connectivity index (χ1) is 8.89. The molecule has 1 aromatic rings. The normalized spacial score (nSPS) is 24.2. The largest absolute Gasteiger partial charge is 0.481 e. The highest BCUT2D eigenvalue weighted by Gasteiger charge is 2.37. The van der Waals surface area contributed by atoms with Gasteiger partial charge in [0.25, 0.3) is 0 Å². The lowest BCUT2D eigenvalue weighted by molar-refractivity contribution is -0.143. The predicted molar refractivity (Wildman–Crippen MR) is 63.8 cm³/mol. The topological polar surface area (TPSA) is 37.3 Å². The fourth-order valence-corrected chi connectivity index (χ4v) is 2.81. The molecule has 0 heterocycles. The number of aliphatic carboxylic acids is 1. The molecular formula is C14H15F3O2. The van der Waals surface area contributed by atoms with Gasteiger partial charge in [0.1, 0.15) is 0 Å². The van der Waals surface area contributed by atoms with Crippen LogP contribution in [0.1, 0.15) is 42.7 Å². The van der Waals surface area contributed by atoms with Crippen LogP contribution in [0.3, 0.4) is 0 Å². The summed E-state index contributed by atoms with van der Waals surface area (Å²) >= 11 is 0. The molecule has 1 fully saturated rings. The highest BCUT2D eigenvalue weighted by atomic mass is 19.4. The Kier molecular flexibility index (Phi) is 3.83. The smallest absolute Gasteiger partial charge is 0.416 e. The summed E-state index contributed by atoms with van der Waals surface area (Å²) in [4.78, 5) is 11.0. The molecule has 1 aliphatic rings. The van der Waals surface area contributed by atoms with Crippen molar-refractivity contribution in [3.8, 4) is 0 Å². The van der Waals surface area contributed by atoms with Gasteiger partial charge in [0.15, 0.2) is 0 Å². The molecule has 19 heavy (non-hydrogen) atoms. The molecule has 2 rings (SSSR count). The first-order valence-electron chi connectivity index (χ1n) is 6.28. The molecule has 1 aromatic carbocycles. The summed E-state index contributed by atoms with van der Waals surface area (Å²) in [5, 5.41) is 9.01. The van der Waals surface area contributed by atoms with E-state index in [2.05, 4.69) is 0 Å². The van der Waals surface area contributed by atoms with Crippen LogP contribution in [0.4, 0.5) is 13.2 Å². The second kappa shape index (κ2) is 5.23. The molecule has 104 valence electrons. The lowest BCUT2D eigenvalue weighted by Gasteiger charge is -2.28. The minimum absolute atomic E-state index is 0.237. The lowest BCUT2D eigenvalue weighted by Crippen LogP contribution is -2.23. The number of halogens is 3. The number of carbonyl (C=O) groups is 1. The first kappa shape index (κ1) is 13.9. The minimum atomic E-state index is -4.38. The molecular weight excluding hydrogens is 257 g/mol. The second-order valence-electron chi connectivity index (χ2n) is 4.98. The number of alkyl halides is 3. The van der Waals surface area contributed by atoms with E-state index in [-0.39, 0.29) is 11.5 Å². The van der Waals surface area contributed by atoms with E-state index in [0.29, 0.717) is 25.7 Å². The van der Waals surface area contributed by atoms with Crippen molar-refractivity contribution in [2.75, 3.05) is 0 Å². The van der Waals surface area contributed by atoms with Crippen molar-refractivity contribution in [2.24, 2.45) is 5.92 Å². The number of benzene rings is 1. The maximum absolute atomic E-state index is 12.9. The van der Waals surface area contributed by atoms with E-state index in [4.69, 9.17) is 5.11 Å². The van der Waals surface area contributed by atoms with Crippen LogP contribution < -0.4 is 0 Å². The van der Waals surface area contributed by atoms with E-state index in [9.17, 15) is 18.0 Å². The maximum atomic E-state index is 12.9. The summed E-state index contributed by atoms with van der Waals surface area (Å²) in [5.41, 5.74) is -0.396. The summed E-state index contributed by atoms with van der Waals surface area (Å²) in [7, 11) is 0. The van der Waals surface area contributed by atoms with Crippen molar-refractivity contribution in [3.05, 3.63) is 35.4 Å². The SMILES string of the molecule is O=C(O)C1CCCC(c2ccccc2C(F)(F)F)C1. The minimum Gasteiger partial charge on any atom is -0.481 e. The van der Waals surface area contributed by atoms with Crippen LogP contribution in [0.15, 0.2) is 24.3 Å². The van der Waals surface area contributed by atoms with Crippen molar-refractivity contribution >= 4 is 5.97 Å². The van der Waals surface area contributed by atoms with E-state index < -0.39 is 23.6 Å². The first-order valence-corrected chi connectivity index (χ1v) is 6.28. The number of carboxylic acid groups (broad SMARTS) is 1. The van der Waals surface area contributed by atoms with E-state index in [1.54, 1.807) is 6.07 Å². The van der Waals surface area contributed by atoms with Crippen molar-refractivity contribution < 1.29 is 23.1 Å². The fraction of sp³-hybridized carbons (Fsp3) is 0.500. The molecule has 1 aliphatic carbocycles. The quantitative estimate of drug-likeness (QED) is 0.881. The van der Waals surface area contributed by atoms with E-state index in [0.717, 1.165) is 6.07 Å². The Morgan fingerprint density at radius 2 is 1.89 bits per heavy atom. The van der Waals surface area contributed by atoms with Gasteiger partial charge in [0.05, 0.1) is 11.5 Å². The van der Waals surface area contributed by atoms with Crippen LogP contribution in [-0.4, -0.2) is 11.1 Å². The van der Waals surface area contributed by atoms with Gasteiger partial charge in [0.2, 0.25) is 0 Å². The van der Waals surface area contributed by atoms with Crippen LogP contribution in [0.5, 0.6) is 0 Å². The predicted octanol–water partition coefficient (Wildman–Crippen LogP) is 4.06. The third-order valence-electron chi connectivity index (χ3n) is 3.73. The number of carboxylic acids is 1. The van der Waals surface area contributed by atoms with Gasteiger partial charge < -0.3 is 5.11 Å². The van der Waals surface area contributed by atoms with Gasteiger partial charge in [-0.25, -0.2) is 0 Å². The van der Waals surface area contributed by atoms with Gasteiger partial charge in [-0.1, -0.05) is 24.6 Å². The van der Waals surface area contributed by atoms with Gasteiger partial charge in [-0.3, -0.25) is 4.79 Å². The highest BCUT2D eigenvalue weighted by molar-refractivity contribution is 5.70. The number of rotatable bonds is 2. The summed E-state index contributed by atoms with van der Waals surface area (Å²) < 4.78 is 38.8. The molecule has 0 aliphatic heterocycles. The van der Waals surface area contributed by atoms with Crippen LogP contribution >= 0.6 is 0 Å². The molecule has 0 aromatic heterocycles. The van der Waals surface area contributed by atoms with Gasteiger partial charge in [-0.15, -0.1) is 0 Å². The third-order valence-corrected chi connectivity index (χ3v) is 3.73. The Labute approximate surface area is 109 Å².